The lowest BCUT2D eigenvalue weighted by Crippen LogP contribution is -2.38. The first-order chi connectivity index (χ1) is 6.16. The summed E-state index contributed by atoms with van der Waals surface area (Å²) in [6.45, 7) is 7.55. The highest BCUT2D eigenvalue weighted by Gasteiger charge is 2.29. The van der Waals surface area contributed by atoms with E-state index in [1.807, 2.05) is 16.8 Å². The van der Waals surface area contributed by atoms with Gasteiger partial charge in [0.05, 0.1) is 0 Å². The van der Waals surface area contributed by atoms with Gasteiger partial charge in [-0.25, -0.2) is 4.79 Å². The molecule has 0 atom stereocenters. The van der Waals surface area contributed by atoms with Crippen LogP contribution in [0.1, 0.15) is 13.8 Å². The molecule has 0 aromatic heterocycles. The van der Waals surface area contributed by atoms with Gasteiger partial charge in [-0.1, -0.05) is 0 Å². The van der Waals surface area contributed by atoms with Crippen LogP contribution in [0.15, 0.2) is 0 Å². The summed E-state index contributed by atoms with van der Waals surface area (Å²) in [5.74, 6) is 0. The second-order valence-corrected chi connectivity index (χ2v) is 3.66. The van der Waals surface area contributed by atoms with Crippen molar-refractivity contribution in [2.45, 2.75) is 19.9 Å². The van der Waals surface area contributed by atoms with Crippen LogP contribution in [0, 0.1) is 0 Å². The fraction of sp³-hybridized carbons (Fsp3) is 0.889. The van der Waals surface area contributed by atoms with Crippen molar-refractivity contribution in [3.63, 3.8) is 0 Å². The maximum absolute atomic E-state index is 11.7. The third-order valence-corrected chi connectivity index (χ3v) is 2.38. The Morgan fingerprint density at radius 3 is 2.62 bits per heavy atom. The molecule has 1 fully saturated rings. The van der Waals surface area contributed by atoms with Crippen molar-refractivity contribution in [2.24, 2.45) is 0 Å². The molecule has 0 radical (unpaired) electrons. The van der Waals surface area contributed by atoms with E-state index in [1.165, 1.54) is 0 Å². The van der Waals surface area contributed by atoms with Crippen LogP contribution < -0.4 is 5.32 Å². The minimum absolute atomic E-state index is 0.185. The topological polar surface area (TPSA) is 35.6 Å². The van der Waals surface area contributed by atoms with Gasteiger partial charge in [0, 0.05) is 32.2 Å². The molecule has 1 heterocycles. The number of hydrogen-bond acceptors (Lipinski definition) is 2. The third kappa shape index (κ3) is 2.34. The average molecular weight is 185 g/mol. The zero-order chi connectivity index (χ0) is 9.84. The quantitative estimate of drug-likeness (QED) is 0.686. The van der Waals surface area contributed by atoms with Gasteiger partial charge in [0.25, 0.3) is 0 Å². The fourth-order valence-electron chi connectivity index (χ4n) is 1.53. The molecule has 0 aromatic carbocycles. The van der Waals surface area contributed by atoms with E-state index in [9.17, 15) is 4.79 Å². The van der Waals surface area contributed by atoms with Crippen LogP contribution in [-0.2, 0) is 0 Å². The summed E-state index contributed by atoms with van der Waals surface area (Å²) in [5.41, 5.74) is 0. The number of nitrogens with zero attached hydrogens (tertiary/aromatic N) is 2. The zero-order valence-corrected chi connectivity index (χ0v) is 8.71. The summed E-state index contributed by atoms with van der Waals surface area (Å²) >= 11 is 0. The Labute approximate surface area is 79.9 Å². The van der Waals surface area contributed by atoms with E-state index in [2.05, 4.69) is 19.2 Å². The molecule has 1 aliphatic heterocycles. The zero-order valence-electron chi connectivity index (χ0n) is 8.71. The number of rotatable bonds is 4. The lowest BCUT2D eigenvalue weighted by atomic mass is 10.3. The Kier molecular flexibility index (Phi) is 3.54. The van der Waals surface area contributed by atoms with Gasteiger partial charge in [-0.3, -0.25) is 0 Å². The van der Waals surface area contributed by atoms with Crippen molar-refractivity contribution >= 4 is 6.03 Å². The van der Waals surface area contributed by atoms with Crippen LogP contribution in [0.4, 0.5) is 4.79 Å². The van der Waals surface area contributed by atoms with Gasteiger partial charge in [0.1, 0.15) is 0 Å². The van der Waals surface area contributed by atoms with E-state index < -0.39 is 0 Å². The van der Waals surface area contributed by atoms with Crippen molar-refractivity contribution in [3.05, 3.63) is 0 Å². The predicted molar refractivity (Wildman–Crippen MR) is 52.7 cm³/mol. The Balaban J connectivity index is 2.41. The number of likely N-dealkylation sites (N-methyl/N-ethyl adjacent to an activating group) is 1. The van der Waals surface area contributed by atoms with Gasteiger partial charge < -0.3 is 15.1 Å². The highest BCUT2D eigenvalue weighted by molar-refractivity contribution is 5.76. The number of urea groups is 1. The van der Waals surface area contributed by atoms with E-state index in [1.54, 1.807) is 0 Å². The van der Waals surface area contributed by atoms with E-state index in [4.69, 9.17) is 0 Å². The van der Waals surface area contributed by atoms with Gasteiger partial charge in [-0.05, 0) is 20.9 Å². The number of carbonyl (C=O) groups is 1. The Bertz CT molecular complexity index is 182. The number of nitrogens with one attached hydrogen (secondary N) is 1. The Morgan fingerprint density at radius 2 is 2.15 bits per heavy atom. The van der Waals surface area contributed by atoms with Crippen LogP contribution in [0.2, 0.25) is 0 Å². The molecule has 0 unspecified atom stereocenters. The molecule has 0 bridgehead atoms. The van der Waals surface area contributed by atoms with E-state index in [-0.39, 0.29) is 6.03 Å². The molecule has 0 spiro atoms. The van der Waals surface area contributed by atoms with Crippen molar-refractivity contribution in [1.82, 2.24) is 15.1 Å². The molecule has 76 valence electrons. The fourth-order valence-corrected chi connectivity index (χ4v) is 1.53. The van der Waals surface area contributed by atoms with Crippen molar-refractivity contribution in [2.75, 3.05) is 33.2 Å². The van der Waals surface area contributed by atoms with Crippen LogP contribution in [-0.4, -0.2) is 55.1 Å². The molecule has 4 heteroatoms. The minimum atomic E-state index is 0.185. The van der Waals surface area contributed by atoms with Gasteiger partial charge in [-0.2, -0.15) is 0 Å². The summed E-state index contributed by atoms with van der Waals surface area (Å²) in [6.07, 6.45) is 0. The maximum atomic E-state index is 11.7. The van der Waals surface area contributed by atoms with Crippen LogP contribution >= 0.6 is 0 Å². The molecule has 2 amide bonds. The molecule has 0 aliphatic carbocycles. The molecule has 4 nitrogen and oxygen atoms in total. The first kappa shape index (κ1) is 10.3. The number of amides is 2. The Morgan fingerprint density at radius 1 is 1.46 bits per heavy atom. The van der Waals surface area contributed by atoms with Crippen LogP contribution in [0.5, 0.6) is 0 Å². The first-order valence-corrected chi connectivity index (χ1v) is 4.87. The van der Waals surface area contributed by atoms with Gasteiger partial charge >= 0.3 is 6.03 Å². The summed E-state index contributed by atoms with van der Waals surface area (Å²) in [6, 6.07) is 0.511. The predicted octanol–water partition coefficient (Wildman–Crippen LogP) is 0.352. The standard InChI is InChI=1S/C9H19N3O/c1-8(2)12-7-6-11(9(12)13)5-4-10-3/h8,10H,4-7H2,1-3H3. The summed E-state index contributed by atoms with van der Waals surface area (Å²) < 4.78 is 0. The second kappa shape index (κ2) is 4.46. The normalized spacial score (nSPS) is 17.7. The largest absolute Gasteiger partial charge is 0.322 e. The summed E-state index contributed by atoms with van der Waals surface area (Å²) in [5, 5.41) is 3.05. The summed E-state index contributed by atoms with van der Waals surface area (Å²) in [4.78, 5) is 15.5. The smallest absolute Gasteiger partial charge is 0.320 e. The molecule has 1 saturated heterocycles. The van der Waals surface area contributed by atoms with Crippen molar-refractivity contribution in [3.8, 4) is 0 Å². The van der Waals surface area contributed by atoms with Crippen molar-refractivity contribution < 1.29 is 4.79 Å². The monoisotopic (exact) mass is 185 g/mol. The highest BCUT2D eigenvalue weighted by atomic mass is 16.2. The Hall–Kier alpha value is -0.770. The maximum Gasteiger partial charge on any atom is 0.320 e. The molecule has 1 aliphatic rings. The molecular weight excluding hydrogens is 166 g/mol. The molecule has 0 saturated carbocycles. The summed E-state index contributed by atoms with van der Waals surface area (Å²) in [7, 11) is 1.90. The number of carbonyl (C=O) groups excluding carboxylic acids is 1. The number of hydrogen-bond donors (Lipinski definition) is 1. The average Bonchev–Trinajstić information content (AvgIpc) is 2.43. The third-order valence-electron chi connectivity index (χ3n) is 2.38. The molecule has 0 aromatic rings. The van der Waals surface area contributed by atoms with Gasteiger partial charge in [0.2, 0.25) is 0 Å². The van der Waals surface area contributed by atoms with E-state index in [0.717, 1.165) is 26.2 Å². The second-order valence-electron chi connectivity index (χ2n) is 3.66. The molecular formula is C9H19N3O. The molecule has 13 heavy (non-hydrogen) atoms. The van der Waals surface area contributed by atoms with Crippen molar-refractivity contribution in [1.29, 1.82) is 0 Å². The molecule has 1 rings (SSSR count). The van der Waals surface area contributed by atoms with Gasteiger partial charge in [-0.15, -0.1) is 0 Å². The molecule has 1 N–H and O–H groups in total. The highest BCUT2D eigenvalue weighted by Crippen LogP contribution is 2.11. The van der Waals surface area contributed by atoms with Crippen LogP contribution in [0.25, 0.3) is 0 Å². The lowest BCUT2D eigenvalue weighted by molar-refractivity contribution is 0.183. The van der Waals surface area contributed by atoms with Gasteiger partial charge in [0.15, 0.2) is 0 Å². The van der Waals surface area contributed by atoms with E-state index in [0.29, 0.717) is 6.04 Å². The first-order valence-electron chi connectivity index (χ1n) is 4.87. The minimum Gasteiger partial charge on any atom is -0.322 e. The lowest BCUT2D eigenvalue weighted by Gasteiger charge is -2.21. The SMILES string of the molecule is CNCCN1CCN(C(C)C)C1=O. The van der Waals surface area contributed by atoms with Crippen LogP contribution in [0.3, 0.4) is 0 Å². The van der Waals surface area contributed by atoms with E-state index >= 15 is 0 Å².